The van der Waals surface area contributed by atoms with Crippen molar-refractivity contribution in [2.45, 2.75) is 13.5 Å². The van der Waals surface area contributed by atoms with Gasteiger partial charge >= 0.3 is 6.61 Å². The van der Waals surface area contributed by atoms with Gasteiger partial charge < -0.3 is 4.74 Å². The number of alkyl halides is 2. The minimum atomic E-state index is -3.17. The van der Waals surface area contributed by atoms with Crippen LogP contribution in [0.5, 0.6) is 5.75 Å². The summed E-state index contributed by atoms with van der Waals surface area (Å²) in [4.78, 5) is 9.56. The first-order chi connectivity index (χ1) is 6.93. The Morgan fingerprint density at radius 1 is 1.47 bits per heavy atom. The van der Waals surface area contributed by atoms with Crippen molar-refractivity contribution in [3.05, 3.63) is 33.6 Å². The second kappa shape index (κ2) is 4.16. The summed E-state index contributed by atoms with van der Waals surface area (Å²) in [5.41, 5.74) is -0.813. The Kier molecular flexibility index (Phi) is 3.13. The highest BCUT2D eigenvalue weighted by Crippen LogP contribution is 2.28. The van der Waals surface area contributed by atoms with Gasteiger partial charge in [0.15, 0.2) is 11.6 Å². The molecule has 0 saturated heterocycles. The molecule has 0 spiro atoms. The zero-order valence-electron chi connectivity index (χ0n) is 7.54. The van der Waals surface area contributed by atoms with Crippen LogP contribution in [0, 0.1) is 22.9 Å². The molecule has 1 aromatic rings. The quantitative estimate of drug-likeness (QED) is 0.582. The smallest absolute Gasteiger partial charge is 0.387 e. The van der Waals surface area contributed by atoms with Gasteiger partial charge in [-0.15, -0.1) is 0 Å². The lowest BCUT2D eigenvalue weighted by atomic mass is 10.2. The average molecular weight is 221 g/mol. The second-order valence-corrected chi connectivity index (χ2v) is 2.66. The van der Waals surface area contributed by atoms with Gasteiger partial charge in [-0.05, 0) is 13.0 Å². The number of nitrogens with zero attached hydrogens (tertiary/aromatic N) is 1. The van der Waals surface area contributed by atoms with Crippen molar-refractivity contribution in [3.63, 3.8) is 0 Å². The van der Waals surface area contributed by atoms with Gasteiger partial charge in [0, 0.05) is 6.07 Å². The van der Waals surface area contributed by atoms with E-state index in [1.807, 2.05) is 0 Å². The molecule has 0 saturated carbocycles. The molecule has 0 bridgehead atoms. The van der Waals surface area contributed by atoms with Crippen molar-refractivity contribution in [2.24, 2.45) is 0 Å². The van der Waals surface area contributed by atoms with Gasteiger partial charge in [-0.2, -0.15) is 8.78 Å². The third-order valence-corrected chi connectivity index (χ3v) is 1.74. The van der Waals surface area contributed by atoms with Crippen molar-refractivity contribution >= 4 is 5.69 Å². The molecular formula is C8H6F3NO3. The van der Waals surface area contributed by atoms with Crippen molar-refractivity contribution in [2.75, 3.05) is 0 Å². The van der Waals surface area contributed by atoms with E-state index >= 15 is 0 Å². The SMILES string of the molecule is Cc1c([N+](=O)[O-])ccc(OC(F)F)c1F. The molecule has 0 atom stereocenters. The molecule has 1 rings (SSSR count). The second-order valence-electron chi connectivity index (χ2n) is 2.66. The third kappa shape index (κ3) is 2.36. The van der Waals surface area contributed by atoms with E-state index in [4.69, 9.17) is 0 Å². The number of nitro benzene ring substituents is 1. The zero-order valence-corrected chi connectivity index (χ0v) is 7.54. The molecule has 4 nitrogen and oxygen atoms in total. The van der Waals surface area contributed by atoms with Gasteiger partial charge in [0.25, 0.3) is 5.69 Å². The van der Waals surface area contributed by atoms with E-state index in [-0.39, 0.29) is 5.56 Å². The van der Waals surface area contributed by atoms with E-state index in [2.05, 4.69) is 4.74 Å². The fourth-order valence-corrected chi connectivity index (χ4v) is 1.03. The Bertz CT molecular complexity index is 395. The summed E-state index contributed by atoms with van der Waals surface area (Å²) in [6.45, 7) is -2.05. The van der Waals surface area contributed by atoms with Crippen LogP contribution in [0.15, 0.2) is 12.1 Å². The molecule has 82 valence electrons. The largest absolute Gasteiger partial charge is 0.432 e. The number of benzene rings is 1. The molecule has 15 heavy (non-hydrogen) atoms. The molecule has 0 unspecified atom stereocenters. The Hall–Kier alpha value is -1.79. The number of ether oxygens (including phenoxy) is 1. The summed E-state index contributed by atoms with van der Waals surface area (Å²) in [7, 11) is 0. The number of nitro groups is 1. The maximum Gasteiger partial charge on any atom is 0.387 e. The fraction of sp³-hybridized carbons (Fsp3) is 0.250. The molecule has 0 radical (unpaired) electrons. The highest BCUT2D eigenvalue weighted by molar-refractivity contribution is 5.45. The van der Waals surface area contributed by atoms with E-state index < -0.39 is 28.8 Å². The average Bonchev–Trinajstić information content (AvgIpc) is 2.12. The maximum atomic E-state index is 13.2. The molecule has 0 amide bonds. The summed E-state index contributed by atoms with van der Waals surface area (Å²) < 4.78 is 40.6. The van der Waals surface area contributed by atoms with Gasteiger partial charge in [-0.3, -0.25) is 10.1 Å². The summed E-state index contributed by atoms with van der Waals surface area (Å²) in [5, 5.41) is 10.4. The molecule has 0 fully saturated rings. The van der Waals surface area contributed by atoms with Crippen LogP contribution >= 0.6 is 0 Å². The maximum absolute atomic E-state index is 13.2. The zero-order chi connectivity index (χ0) is 11.6. The monoisotopic (exact) mass is 221 g/mol. The summed E-state index contributed by atoms with van der Waals surface area (Å²) >= 11 is 0. The van der Waals surface area contributed by atoms with E-state index in [1.165, 1.54) is 0 Å². The number of hydrogen-bond acceptors (Lipinski definition) is 3. The number of hydrogen-bond donors (Lipinski definition) is 0. The van der Waals surface area contributed by atoms with Gasteiger partial charge in [-0.1, -0.05) is 0 Å². The van der Waals surface area contributed by atoms with Crippen LogP contribution in [0.2, 0.25) is 0 Å². The van der Waals surface area contributed by atoms with E-state index in [9.17, 15) is 23.3 Å². The Morgan fingerprint density at radius 3 is 2.53 bits per heavy atom. The summed E-state index contributed by atoms with van der Waals surface area (Å²) in [5.74, 6) is -1.85. The number of rotatable bonds is 3. The molecular weight excluding hydrogens is 215 g/mol. The van der Waals surface area contributed by atoms with Crippen LogP contribution in [-0.2, 0) is 0 Å². The van der Waals surface area contributed by atoms with Gasteiger partial charge in [0.05, 0.1) is 10.5 Å². The fourth-order valence-electron chi connectivity index (χ4n) is 1.03. The molecule has 0 aromatic heterocycles. The van der Waals surface area contributed by atoms with Crippen molar-refractivity contribution in [1.82, 2.24) is 0 Å². The Morgan fingerprint density at radius 2 is 2.07 bits per heavy atom. The highest BCUT2D eigenvalue weighted by Gasteiger charge is 2.19. The van der Waals surface area contributed by atoms with Crippen LogP contribution in [0.4, 0.5) is 18.9 Å². The third-order valence-electron chi connectivity index (χ3n) is 1.74. The lowest BCUT2D eigenvalue weighted by molar-refractivity contribution is -0.385. The first-order valence-electron chi connectivity index (χ1n) is 3.81. The predicted octanol–water partition coefficient (Wildman–Crippen LogP) is 2.64. The van der Waals surface area contributed by atoms with E-state index in [0.29, 0.717) is 0 Å². The Labute approximate surface area is 82.4 Å². The number of halogens is 3. The van der Waals surface area contributed by atoms with Gasteiger partial charge in [0.1, 0.15) is 0 Å². The lowest BCUT2D eigenvalue weighted by Crippen LogP contribution is -2.05. The Balaban J connectivity index is 3.15. The standard InChI is InChI=1S/C8H6F3NO3/c1-4-5(12(13)14)2-3-6(7(4)9)15-8(10)11/h2-3,8H,1H3. The highest BCUT2D eigenvalue weighted by atomic mass is 19.3. The predicted molar refractivity (Wildman–Crippen MR) is 44.4 cm³/mol. The summed E-state index contributed by atoms with van der Waals surface area (Å²) in [6, 6.07) is 1.71. The van der Waals surface area contributed by atoms with Crippen molar-refractivity contribution < 1.29 is 22.8 Å². The molecule has 0 heterocycles. The van der Waals surface area contributed by atoms with Crippen LogP contribution < -0.4 is 4.74 Å². The summed E-state index contributed by atoms with van der Waals surface area (Å²) in [6.07, 6.45) is 0. The minimum absolute atomic E-state index is 0.335. The molecule has 7 heteroatoms. The van der Waals surface area contributed by atoms with Crippen LogP contribution in [0.25, 0.3) is 0 Å². The minimum Gasteiger partial charge on any atom is -0.432 e. The topological polar surface area (TPSA) is 52.4 Å². The van der Waals surface area contributed by atoms with Gasteiger partial charge in [0.2, 0.25) is 0 Å². The van der Waals surface area contributed by atoms with E-state index in [1.54, 1.807) is 0 Å². The van der Waals surface area contributed by atoms with E-state index in [0.717, 1.165) is 19.1 Å². The lowest BCUT2D eigenvalue weighted by Gasteiger charge is -2.07. The first-order valence-corrected chi connectivity index (χ1v) is 3.81. The normalized spacial score (nSPS) is 10.5. The van der Waals surface area contributed by atoms with Crippen LogP contribution in [-0.4, -0.2) is 11.5 Å². The molecule has 0 aliphatic rings. The molecule has 1 aromatic carbocycles. The van der Waals surface area contributed by atoms with Gasteiger partial charge in [-0.25, -0.2) is 4.39 Å². The molecule has 0 aliphatic heterocycles. The molecule has 0 N–H and O–H groups in total. The van der Waals surface area contributed by atoms with Crippen LogP contribution in [0.1, 0.15) is 5.56 Å². The first kappa shape index (κ1) is 11.3. The molecule has 0 aliphatic carbocycles. The van der Waals surface area contributed by atoms with Crippen LogP contribution in [0.3, 0.4) is 0 Å². The van der Waals surface area contributed by atoms with Crippen molar-refractivity contribution in [1.29, 1.82) is 0 Å². The van der Waals surface area contributed by atoms with Crippen molar-refractivity contribution in [3.8, 4) is 5.75 Å².